The minimum Gasteiger partial charge on any atom is -0.399 e. The number of anilines is 2. The highest BCUT2D eigenvalue weighted by atomic mass is 17.1. The van der Waals surface area contributed by atoms with Crippen molar-refractivity contribution in [3.8, 4) is 0 Å². The van der Waals surface area contributed by atoms with Crippen LogP contribution in [0, 0.1) is 51.8 Å². The molecule has 6 N–H and O–H groups in total. The molecule has 5 heteroatoms. The predicted octanol–water partition coefficient (Wildman–Crippen LogP) is 11.4. The maximum absolute atomic E-state index is 11.0. The number of benzene rings is 2. The molecule has 3 fully saturated rings. The van der Waals surface area contributed by atoms with Crippen molar-refractivity contribution in [3.05, 3.63) is 88.5 Å². The molecule has 51 heavy (non-hydrogen) atoms. The molecule has 0 heterocycles. The van der Waals surface area contributed by atoms with E-state index in [1.165, 1.54) is 56.9 Å². The first-order valence-corrected chi connectivity index (χ1v) is 20.0. The van der Waals surface area contributed by atoms with Crippen LogP contribution in [0.25, 0.3) is 6.08 Å². The Morgan fingerprint density at radius 3 is 2.37 bits per heavy atom. The van der Waals surface area contributed by atoms with E-state index in [9.17, 15) is 10.4 Å². The van der Waals surface area contributed by atoms with Gasteiger partial charge in [0.25, 0.3) is 0 Å². The molecule has 0 amide bonds. The molecule has 2 aromatic carbocycles. The third kappa shape index (κ3) is 7.12. The molecule has 4 aliphatic rings. The van der Waals surface area contributed by atoms with Gasteiger partial charge in [-0.25, -0.2) is 4.89 Å². The minimum atomic E-state index is -0.836. The van der Waals surface area contributed by atoms with E-state index in [2.05, 4.69) is 60.6 Å². The Morgan fingerprint density at radius 1 is 0.941 bits per heavy atom. The van der Waals surface area contributed by atoms with Crippen molar-refractivity contribution in [3.63, 3.8) is 0 Å². The van der Waals surface area contributed by atoms with Crippen LogP contribution in [0.15, 0.2) is 71.8 Å². The lowest BCUT2D eigenvalue weighted by molar-refractivity contribution is -0.285. The fourth-order valence-electron chi connectivity index (χ4n) is 12.3. The van der Waals surface area contributed by atoms with Gasteiger partial charge in [0.05, 0.1) is 0 Å². The van der Waals surface area contributed by atoms with Crippen molar-refractivity contribution >= 4 is 17.5 Å². The van der Waals surface area contributed by atoms with Gasteiger partial charge in [0, 0.05) is 22.9 Å². The number of fused-ring (bicyclic) bond motifs is 5. The number of aliphatic hydroxyl groups excluding tert-OH is 1. The molecule has 6 rings (SSSR count). The van der Waals surface area contributed by atoms with E-state index in [0.717, 1.165) is 53.6 Å². The van der Waals surface area contributed by atoms with Crippen LogP contribution in [-0.4, -0.2) is 16.5 Å². The number of aliphatic hydroxyl groups is 1. The maximum Gasteiger partial charge on any atom is 0.115 e. The van der Waals surface area contributed by atoms with Gasteiger partial charge in [-0.05, 0) is 141 Å². The first-order chi connectivity index (χ1) is 24.2. The van der Waals surface area contributed by atoms with Crippen LogP contribution in [0.3, 0.4) is 0 Å². The lowest BCUT2D eigenvalue weighted by atomic mass is 9.43. The molecule has 5 nitrogen and oxygen atoms in total. The summed E-state index contributed by atoms with van der Waals surface area (Å²) in [6.07, 6.45) is 20.7. The third-order valence-corrected chi connectivity index (χ3v) is 14.9. The number of hydrogen-bond acceptors (Lipinski definition) is 5. The number of allylic oxidation sites excluding steroid dienone is 4. The second-order valence-corrected chi connectivity index (χ2v) is 18.3. The lowest BCUT2D eigenvalue weighted by Crippen LogP contribution is -2.54. The number of hydrogen-bond donors (Lipinski definition) is 4. The molecule has 2 aromatic rings. The van der Waals surface area contributed by atoms with Gasteiger partial charge in [-0.1, -0.05) is 107 Å². The van der Waals surface area contributed by atoms with Crippen molar-refractivity contribution in [2.45, 2.75) is 125 Å². The van der Waals surface area contributed by atoms with E-state index < -0.39 is 12.2 Å². The normalized spacial score (nSPS) is 33.0. The summed E-state index contributed by atoms with van der Waals surface area (Å²) < 4.78 is 0. The molecule has 278 valence electrons. The highest BCUT2D eigenvalue weighted by Gasteiger charge is 2.61. The second-order valence-electron chi connectivity index (χ2n) is 18.3. The second kappa shape index (κ2) is 14.9. The fraction of sp³-hybridized carbons (Fsp3) is 0.609. The Balaban J connectivity index is 1.14. The molecule has 0 bridgehead atoms. The number of rotatable bonds is 11. The van der Waals surface area contributed by atoms with Crippen LogP contribution >= 0.6 is 0 Å². The van der Waals surface area contributed by atoms with E-state index in [1.807, 2.05) is 36.4 Å². The van der Waals surface area contributed by atoms with Crippen LogP contribution in [0.5, 0.6) is 0 Å². The molecule has 3 saturated carbocycles. The SMILES string of the molecule is CC(C)=CCCCC(C)C1CCC2C3CC=C4C(C)(C)C(C(/C=C/c5ccc(C(O)c6ccc(N)cc6N)cc5)OO)CCC4(C)C3CCC12C. The van der Waals surface area contributed by atoms with Crippen LogP contribution < -0.4 is 11.5 Å². The van der Waals surface area contributed by atoms with Crippen LogP contribution in [0.2, 0.25) is 0 Å². The molecular formula is C46H66N2O3. The Morgan fingerprint density at radius 2 is 1.69 bits per heavy atom. The highest BCUT2D eigenvalue weighted by Crippen LogP contribution is 2.69. The summed E-state index contributed by atoms with van der Waals surface area (Å²) in [5, 5.41) is 21.3. The monoisotopic (exact) mass is 695 g/mol. The Labute approximate surface area is 308 Å². The molecular weight excluding hydrogens is 629 g/mol. The topological polar surface area (TPSA) is 102 Å². The van der Waals surface area contributed by atoms with Crippen molar-refractivity contribution in [1.29, 1.82) is 0 Å². The number of unbranched alkanes of at least 4 members (excludes halogenated alkanes) is 1. The van der Waals surface area contributed by atoms with Gasteiger partial charge in [0.2, 0.25) is 0 Å². The van der Waals surface area contributed by atoms with Crippen molar-refractivity contribution in [2.75, 3.05) is 11.5 Å². The zero-order chi connectivity index (χ0) is 36.7. The summed E-state index contributed by atoms with van der Waals surface area (Å²) >= 11 is 0. The standard InChI is InChI=1S/C46H66N2O3/c1-29(2)10-8-9-11-30(3)36-20-21-37-34-19-23-42-44(4,5)39(25-27-46(42,7)38(34)24-26-45(36,37)6)41(51-50)22-14-31-12-15-32(16-13-31)43(49)35-18-17-33(47)28-40(35)48/h10,12-18,22-23,28,30,34,36-39,41,43,49-50H,8-9,11,19-21,24-27,47-48H2,1-7H3/b22-14+. The molecule has 10 atom stereocenters. The van der Waals surface area contributed by atoms with Gasteiger partial charge in [-0.15, -0.1) is 0 Å². The summed E-state index contributed by atoms with van der Waals surface area (Å²) in [5.41, 5.74) is 19.0. The van der Waals surface area contributed by atoms with Gasteiger partial charge in [-0.2, -0.15) is 0 Å². The Bertz CT molecular complexity index is 1620. The quantitative estimate of drug-likeness (QED) is 0.0616. The van der Waals surface area contributed by atoms with Gasteiger partial charge in [0.15, 0.2) is 0 Å². The summed E-state index contributed by atoms with van der Waals surface area (Å²) in [4.78, 5) is 5.28. The zero-order valence-corrected chi connectivity index (χ0v) is 32.5. The van der Waals surface area contributed by atoms with Crippen molar-refractivity contribution < 1.29 is 15.3 Å². The maximum atomic E-state index is 11.0. The predicted molar refractivity (Wildman–Crippen MR) is 213 cm³/mol. The summed E-state index contributed by atoms with van der Waals surface area (Å²) in [5.74, 6) is 4.20. The number of nitrogen functional groups attached to an aromatic ring is 2. The van der Waals surface area contributed by atoms with Crippen LogP contribution in [-0.2, 0) is 4.89 Å². The van der Waals surface area contributed by atoms with Gasteiger partial charge in [-0.3, -0.25) is 5.26 Å². The van der Waals surface area contributed by atoms with Gasteiger partial charge < -0.3 is 16.6 Å². The average Bonchev–Trinajstić information content (AvgIpc) is 3.45. The van der Waals surface area contributed by atoms with E-state index in [0.29, 0.717) is 22.4 Å². The van der Waals surface area contributed by atoms with E-state index in [4.69, 9.17) is 16.4 Å². The highest BCUT2D eigenvalue weighted by molar-refractivity contribution is 5.59. The molecule has 0 saturated heterocycles. The Hall–Kier alpha value is -2.86. The lowest BCUT2D eigenvalue weighted by Gasteiger charge is -2.62. The summed E-state index contributed by atoms with van der Waals surface area (Å²) in [6.45, 7) is 17.1. The Kier molecular flexibility index (Phi) is 11.0. The molecule has 10 unspecified atom stereocenters. The number of nitrogens with two attached hydrogens (primary N) is 2. The molecule has 0 aliphatic heterocycles. The van der Waals surface area contributed by atoms with Crippen LogP contribution in [0.1, 0.15) is 135 Å². The molecule has 0 spiro atoms. The largest absolute Gasteiger partial charge is 0.399 e. The van der Waals surface area contributed by atoms with Gasteiger partial charge in [0.1, 0.15) is 12.2 Å². The van der Waals surface area contributed by atoms with Crippen molar-refractivity contribution in [1.82, 2.24) is 0 Å². The first-order valence-electron chi connectivity index (χ1n) is 20.0. The summed E-state index contributed by atoms with van der Waals surface area (Å²) in [7, 11) is 0. The van der Waals surface area contributed by atoms with E-state index >= 15 is 0 Å². The fourth-order valence-corrected chi connectivity index (χ4v) is 12.3. The minimum absolute atomic E-state index is 0.0958. The molecule has 0 aromatic heterocycles. The first kappa shape index (κ1) is 37.9. The molecule has 4 aliphatic carbocycles. The van der Waals surface area contributed by atoms with E-state index in [1.54, 1.807) is 23.8 Å². The molecule has 0 radical (unpaired) electrons. The van der Waals surface area contributed by atoms with Crippen LogP contribution in [0.4, 0.5) is 11.4 Å². The van der Waals surface area contributed by atoms with Crippen molar-refractivity contribution in [2.24, 2.45) is 51.8 Å². The smallest absolute Gasteiger partial charge is 0.115 e. The van der Waals surface area contributed by atoms with E-state index in [-0.39, 0.29) is 16.7 Å². The third-order valence-electron chi connectivity index (χ3n) is 14.9. The summed E-state index contributed by atoms with van der Waals surface area (Å²) in [6, 6.07) is 13.0. The van der Waals surface area contributed by atoms with Gasteiger partial charge >= 0.3 is 0 Å². The zero-order valence-electron chi connectivity index (χ0n) is 32.5. The average molecular weight is 695 g/mol.